The van der Waals surface area contributed by atoms with E-state index in [4.69, 9.17) is 0 Å². The quantitative estimate of drug-likeness (QED) is 0.947. The summed E-state index contributed by atoms with van der Waals surface area (Å²) < 4.78 is 13.7. The number of hydrogen-bond donors (Lipinski definition) is 1. The number of amides is 1. The molecule has 4 nitrogen and oxygen atoms in total. The number of rotatable bonds is 3. The van der Waals surface area contributed by atoms with Gasteiger partial charge in [-0.1, -0.05) is 0 Å². The van der Waals surface area contributed by atoms with Crippen LogP contribution in [-0.2, 0) is 6.54 Å². The van der Waals surface area contributed by atoms with E-state index in [1.54, 1.807) is 19.4 Å². The summed E-state index contributed by atoms with van der Waals surface area (Å²) in [6.45, 7) is 0.415. The zero-order chi connectivity index (χ0) is 13.1. The lowest BCUT2D eigenvalue weighted by Crippen LogP contribution is -2.26. The van der Waals surface area contributed by atoms with E-state index in [0.717, 1.165) is 5.56 Å². The van der Waals surface area contributed by atoms with Gasteiger partial charge in [-0.2, -0.15) is 5.10 Å². The number of nitrogens with zero attached hydrogens (tertiary/aromatic N) is 2. The molecule has 0 saturated carbocycles. The van der Waals surface area contributed by atoms with Crippen molar-refractivity contribution in [3.63, 3.8) is 0 Å². The Bertz CT molecular complexity index is 556. The lowest BCUT2D eigenvalue weighted by Gasteiger charge is -2.17. The number of H-pyrrole nitrogens is 1. The number of aromatic amines is 1. The number of hydrogen-bond acceptors (Lipinski definition) is 2. The molecule has 0 spiro atoms. The first-order valence-electron chi connectivity index (χ1n) is 5.26. The molecule has 0 fully saturated rings. The molecule has 0 aliphatic rings. The van der Waals surface area contributed by atoms with Gasteiger partial charge < -0.3 is 4.90 Å². The molecule has 2 aromatic rings. The van der Waals surface area contributed by atoms with Gasteiger partial charge in [0.05, 0.1) is 11.8 Å². The predicted molar refractivity (Wildman–Crippen MR) is 68.5 cm³/mol. The molecule has 1 amide bonds. The first kappa shape index (κ1) is 12.8. The van der Waals surface area contributed by atoms with Gasteiger partial charge in [-0.25, -0.2) is 4.39 Å². The lowest BCUT2D eigenvalue weighted by molar-refractivity contribution is 0.0783. The van der Waals surface area contributed by atoms with E-state index in [-0.39, 0.29) is 5.91 Å². The van der Waals surface area contributed by atoms with Gasteiger partial charge in [0, 0.05) is 29.8 Å². The number of carbonyl (C=O) groups is 1. The molecule has 1 N–H and O–H groups in total. The van der Waals surface area contributed by atoms with Crippen LogP contribution >= 0.6 is 15.9 Å². The topological polar surface area (TPSA) is 49.0 Å². The Kier molecular flexibility index (Phi) is 3.76. The minimum Gasteiger partial charge on any atom is -0.337 e. The smallest absolute Gasteiger partial charge is 0.255 e. The van der Waals surface area contributed by atoms with Gasteiger partial charge in [0.1, 0.15) is 5.82 Å². The standard InChI is InChI=1S/C12H11BrFN3O/c1-17(7-8-5-15-16-6-8)12(18)10-4-9(14)2-3-11(10)13/h2-6H,7H2,1H3,(H,15,16). The molecule has 0 aliphatic carbocycles. The summed E-state index contributed by atoms with van der Waals surface area (Å²) in [6, 6.07) is 4.05. The third-order valence-corrected chi connectivity index (χ3v) is 3.17. The Balaban J connectivity index is 2.17. The summed E-state index contributed by atoms with van der Waals surface area (Å²) in [5, 5.41) is 6.48. The SMILES string of the molecule is CN(Cc1cn[nH]c1)C(=O)c1cc(F)ccc1Br. The molecule has 1 aromatic heterocycles. The molecule has 0 unspecified atom stereocenters. The van der Waals surface area contributed by atoms with Crippen LogP contribution in [0.1, 0.15) is 15.9 Å². The van der Waals surface area contributed by atoms with Gasteiger partial charge in [-0.3, -0.25) is 9.89 Å². The summed E-state index contributed by atoms with van der Waals surface area (Å²) in [7, 11) is 1.66. The van der Waals surface area contributed by atoms with Crippen LogP contribution in [0.5, 0.6) is 0 Å². The summed E-state index contributed by atoms with van der Waals surface area (Å²) in [4.78, 5) is 13.6. The van der Waals surface area contributed by atoms with Crippen molar-refractivity contribution >= 4 is 21.8 Å². The van der Waals surface area contributed by atoms with Crippen molar-refractivity contribution in [1.29, 1.82) is 0 Å². The Morgan fingerprint density at radius 3 is 3.00 bits per heavy atom. The van der Waals surface area contributed by atoms with Gasteiger partial charge in [0.15, 0.2) is 0 Å². The van der Waals surface area contributed by atoms with Gasteiger partial charge in [-0.05, 0) is 34.1 Å². The maximum Gasteiger partial charge on any atom is 0.255 e. The molecule has 6 heteroatoms. The van der Waals surface area contributed by atoms with Crippen LogP contribution in [0.25, 0.3) is 0 Å². The maximum absolute atomic E-state index is 13.1. The molecule has 0 radical (unpaired) electrons. The highest BCUT2D eigenvalue weighted by molar-refractivity contribution is 9.10. The first-order valence-corrected chi connectivity index (χ1v) is 6.05. The first-order chi connectivity index (χ1) is 8.58. The minimum absolute atomic E-state index is 0.248. The molecule has 94 valence electrons. The highest BCUT2D eigenvalue weighted by Crippen LogP contribution is 2.19. The fourth-order valence-corrected chi connectivity index (χ4v) is 1.99. The van der Waals surface area contributed by atoms with Gasteiger partial charge >= 0.3 is 0 Å². The molecule has 1 heterocycles. The third kappa shape index (κ3) is 2.76. The van der Waals surface area contributed by atoms with Gasteiger partial charge in [0.25, 0.3) is 5.91 Å². The monoisotopic (exact) mass is 311 g/mol. The van der Waals surface area contributed by atoms with E-state index in [1.807, 2.05) is 0 Å². The highest BCUT2D eigenvalue weighted by atomic mass is 79.9. The summed E-state index contributed by atoms with van der Waals surface area (Å²) in [5.74, 6) is -0.680. The van der Waals surface area contributed by atoms with Crippen molar-refractivity contribution in [2.75, 3.05) is 7.05 Å². The fraction of sp³-hybridized carbons (Fsp3) is 0.167. The number of aromatic nitrogens is 2. The Morgan fingerprint density at radius 2 is 2.33 bits per heavy atom. The summed E-state index contributed by atoms with van der Waals surface area (Å²) >= 11 is 3.24. The summed E-state index contributed by atoms with van der Waals surface area (Å²) in [6.07, 6.45) is 3.36. The minimum atomic E-state index is -0.432. The van der Waals surface area contributed by atoms with Crippen molar-refractivity contribution < 1.29 is 9.18 Å². The largest absolute Gasteiger partial charge is 0.337 e. The Labute approximate surface area is 112 Å². The van der Waals surface area contributed by atoms with E-state index in [0.29, 0.717) is 16.6 Å². The van der Waals surface area contributed by atoms with Crippen molar-refractivity contribution in [2.45, 2.75) is 6.54 Å². The normalized spacial score (nSPS) is 10.4. The average Bonchev–Trinajstić information content (AvgIpc) is 2.84. The average molecular weight is 312 g/mol. The van der Waals surface area contributed by atoms with Crippen LogP contribution in [0.2, 0.25) is 0 Å². The van der Waals surface area contributed by atoms with Crippen LogP contribution in [0.4, 0.5) is 4.39 Å². The molecule has 0 bridgehead atoms. The van der Waals surface area contributed by atoms with Crippen LogP contribution in [-0.4, -0.2) is 28.1 Å². The Hall–Kier alpha value is -1.69. The second-order valence-corrected chi connectivity index (χ2v) is 4.75. The number of nitrogens with one attached hydrogen (secondary N) is 1. The second-order valence-electron chi connectivity index (χ2n) is 3.89. The zero-order valence-electron chi connectivity index (χ0n) is 9.65. The van der Waals surface area contributed by atoms with Crippen LogP contribution in [0.3, 0.4) is 0 Å². The van der Waals surface area contributed by atoms with E-state index in [2.05, 4.69) is 26.1 Å². The molecule has 18 heavy (non-hydrogen) atoms. The fourth-order valence-electron chi connectivity index (χ4n) is 1.58. The molecular weight excluding hydrogens is 301 g/mol. The molecular formula is C12H11BrFN3O. The third-order valence-electron chi connectivity index (χ3n) is 2.48. The number of benzene rings is 1. The predicted octanol–water partition coefficient (Wildman–Crippen LogP) is 2.58. The zero-order valence-corrected chi connectivity index (χ0v) is 11.2. The van der Waals surface area contributed by atoms with Crippen molar-refractivity contribution in [2.24, 2.45) is 0 Å². The van der Waals surface area contributed by atoms with Crippen molar-refractivity contribution in [3.05, 3.63) is 52.0 Å². The number of halogens is 2. The van der Waals surface area contributed by atoms with Crippen LogP contribution < -0.4 is 0 Å². The highest BCUT2D eigenvalue weighted by Gasteiger charge is 2.16. The van der Waals surface area contributed by atoms with Crippen molar-refractivity contribution in [1.82, 2.24) is 15.1 Å². The number of carbonyl (C=O) groups excluding carboxylic acids is 1. The molecule has 0 atom stereocenters. The molecule has 1 aromatic carbocycles. The second kappa shape index (κ2) is 5.30. The van der Waals surface area contributed by atoms with E-state index < -0.39 is 5.82 Å². The van der Waals surface area contributed by atoms with Crippen molar-refractivity contribution in [3.8, 4) is 0 Å². The molecule has 2 rings (SSSR count). The van der Waals surface area contributed by atoms with E-state index >= 15 is 0 Å². The maximum atomic E-state index is 13.1. The van der Waals surface area contributed by atoms with Crippen LogP contribution in [0.15, 0.2) is 35.1 Å². The van der Waals surface area contributed by atoms with Gasteiger partial charge in [-0.15, -0.1) is 0 Å². The van der Waals surface area contributed by atoms with Gasteiger partial charge in [0.2, 0.25) is 0 Å². The molecule has 0 saturated heterocycles. The van der Waals surface area contributed by atoms with E-state index in [1.165, 1.54) is 23.1 Å². The Morgan fingerprint density at radius 1 is 1.56 bits per heavy atom. The molecule has 0 aliphatic heterocycles. The van der Waals surface area contributed by atoms with Crippen LogP contribution in [0, 0.1) is 5.82 Å². The lowest BCUT2D eigenvalue weighted by atomic mass is 10.2. The summed E-state index contributed by atoms with van der Waals surface area (Å²) in [5.41, 5.74) is 1.19. The van der Waals surface area contributed by atoms with E-state index in [9.17, 15) is 9.18 Å².